The van der Waals surface area contributed by atoms with Crippen molar-refractivity contribution in [3.05, 3.63) is 164 Å². The molecule has 2 heterocycles. The van der Waals surface area contributed by atoms with Gasteiger partial charge in [-0.3, -0.25) is 0 Å². The van der Waals surface area contributed by atoms with Gasteiger partial charge in [-0.1, -0.05) is 128 Å². The number of para-hydroxylation sites is 3. The van der Waals surface area contributed by atoms with Crippen molar-refractivity contribution < 1.29 is 0 Å². The Morgan fingerprint density at radius 2 is 1.31 bits per heavy atom. The van der Waals surface area contributed by atoms with E-state index in [0.717, 1.165) is 5.56 Å². The summed E-state index contributed by atoms with van der Waals surface area (Å²) in [6.07, 6.45) is 5.58. The first-order valence-corrected chi connectivity index (χ1v) is 14.2. The van der Waals surface area contributed by atoms with Crippen LogP contribution in [0, 0.1) is 0 Å². The smallest absolute Gasteiger partial charge is 0.0566 e. The maximum Gasteiger partial charge on any atom is 0.0566 e. The number of allylic oxidation sites excluding steroid dienone is 2. The summed E-state index contributed by atoms with van der Waals surface area (Å²) in [5.41, 5.74) is 13.3. The molecule has 0 radical (unpaired) electrons. The van der Waals surface area contributed by atoms with Crippen LogP contribution in [0.15, 0.2) is 158 Å². The Bertz CT molecular complexity index is 2230. The van der Waals surface area contributed by atoms with E-state index in [9.17, 15) is 0 Å². The minimum absolute atomic E-state index is 0.0795. The van der Waals surface area contributed by atoms with Gasteiger partial charge in [0.15, 0.2) is 0 Å². The van der Waals surface area contributed by atoms with Crippen molar-refractivity contribution in [2.45, 2.75) is 6.04 Å². The number of rotatable bonds is 4. The number of nitrogens with zero attached hydrogens (tertiary/aromatic N) is 1. The van der Waals surface area contributed by atoms with Crippen LogP contribution in [0.5, 0.6) is 0 Å². The highest BCUT2D eigenvalue weighted by molar-refractivity contribution is 6.25. The van der Waals surface area contributed by atoms with Crippen molar-refractivity contribution in [2.24, 2.45) is 5.73 Å². The number of aromatic amines is 1. The quantitative estimate of drug-likeness (QED) is 0.214. The van der Waals surface area contributed by atoms with E-state index in [2.05, 4.69) is 131 Å². The zero-order valence-corrected chi connectivity index (χ0v) is 23.2. The third-order valence-electron chi connectivity index (χ3n) is 7.97. The van der Waals surface area contributed by atoms with Crippen LogP contribution >= 0.6 is 0 Å². The van der Waals surface area contributed by atoms with E-state index in [-0.39, 0.29) is 6.04 Å². The molecular formula is C39H31N3. The van der Waals surface area contributed by atoms with Crippen molar-refractivity contribution in [3.8, 4) is 5.69 Å². The van der Waals surface area contributed by atoms with Gasteiger partial charge >= 0.3 is 0 Å². The van der Waals surface area contributed by atoms with Crippen molar-refractivity contribution >= 4 is 54.4 Å². The molecule has 0 spiro atoms. The summed E-state index contributed by atoms with van der Waals surface area (Å²) in [7, 11) is 0. The van der Waals surface area contributed by atoms with Crippen LogP contribution in [0.1, 0.15) is 11.6 Å². The summed E-state index contributed by atoms with van der Waals surface area (Å²) >= 11 is 0. The van der Waals surface area contributed by atoms with Crippen molar-refractivity contribution in [1.29, 1.82) is 0 Å². The van der Waals surface area contributed by atoms with Crippen LogP contribution in [-0.4, -0.2) is 9.55 Å². The maximum absolute atomic E-state index is 6.11. The summed E-state index contributed by atoms with van der Waals surface area (Å²) in [6, 6.07) is 46.7. The normalized spacial score (nSPS) is 12.3. The van der Waals surface area contributed by atoms with E-state index in [1.807, 2.05) is 30.4 Å². The summed E-state index contributed by atoms with van der Waals surface area (Å²) in [6.45, 7) is 3.65. The molecule has 3 heteroatoms. The van der Waals surface area contributed by atoms with E-state index in [1.54, 1.807) is 6.08 Å². The molecule has 1 atom stereocenters. The fourth-order valence-corrected chi connectivity index (χ4v) is 6.07. The molecule has 0 aliphatic rings. The lowest BCUT2D eigenvalue weighted by atomic mass is 9.99. The molecule has 0 bridgehead atoms. The fourth-order valence-electron chi connectivity index (χ4n) is 6.07. The van der Waals surface area contributed by atoms with E-state index in [1.165, 1.54) is 60.1 Å². The Morgan fingerprint density at radius 3 is 2.14 bits per heavy atom. The zero-order valence-electron chi connectivity index (χ0n) is 23.2. The van der Waals surface area contributed by atoms with Gasteiger partial charge < -0.3 is 15.3 Å². The van der Waals surface area contributed by atoms with Gasteiger partial charge in [-0.25, -0.2) is 0 Å². The summed E-state index contributed by atoms with van der Waals surface area (Å²) < 4.78 is 2.36. The van der Waals surface area contributed by atoms with Crippen LogP contribution in [0.2, 0.25) is 0 Å². The molecule has 8 aromatic rings. The standard InChI is InChI=1S/C24H16N2.C15H15N/c1-2-8-16(9-3-1)26-21-13-7-5-11-19(21)23-22(26)15-14-18-17-10-4-6-12-20(17)25-24(18)23;1-2-3-11-15(16)14-10-6-8-12-7-4-5-9-13(12)14/h1-15,25H;2-11,15H,1,16H2/b;11-3-. The number of H-pyrrole nitrogens is 1. The number of nitrogens with one attached hydrogen (secondary N) is 1. The van der Waals surface area contributed by atoms with Gasteiger partial charge in [0.25, 0.3) is 0 Å². The minimum atomic E-state index is -0.0795. The first-order valence-electron chi connectivity index (χ1n) is 14.2. The van der Waals surface area contributed by atoms with Gasteiger partial charge in [-0.2, -0.15) is 0 Å². The number of nitrogens with two attached hydrogens (primary N) is 1. The molecular weight excluding hydrogens is 510 g/mol. The van der Waals surface area contributed by atoms with Gasteiger partial charge in [0.1, 0.15) is 0 Å². The van der Waals surface area contributed by atoms with Crippen LogP contribution in [-0.2, 0) is 0 Å². The Labute approximate surface area is 244 Å². The van der Waals surface area contributed by atoms with Crippen LogP contribution < -0.4 is 5.73 Å². The molecule has 0 saturated carbocycles. The van der Waals surface area contributed by atoms with Gasteiger partial charge in [0.05, 0.1) is 16.6 Å². The predicted molar refractivity (Wildman–Crippen MR) is 180 cm³/mol. The molecule has 2 aromatic heterocycles. The predicted octanol–water partition coefficient (Wildman–Crippen LogP) is 10.00. The Morgan fingerprint density at radius 1 is 0.619 bits per heavy atom. The largest absolute Gasteiger partial charge is 0.354 e. The summed E-state index contributed by atoms with van der Waals surface area (Å²) in [5, 5.41) is 7.57. The second kappa shape index (κ2) is 10.9. The topological polar surface area (TPSA) is 46.7 Å². The van der Waals surface area contributed by atoms with Crippen LogP contribution in [0.4, 0.5) is 0 Å². The van der Waals surface area contributed by atoms with Crippen molar-refractivity contribution in [2.75, 3.05) is 0 Å². The number of hydrogen-bond donors (Lipinski definition) is 2. The molecule has 202 valence electrons. The molecule has 6 aromatic carbocycles. The molecule has 3 N–H and O–H groups in total. The molecule has 0 fully saturated rings. The average Bonchev–Trinajstić information content (AvgIpc) is 3.60. The van der Waals surface area contributed by atoms with Gasteiger partial charge in [-0.15, -0.1) is 0 Å². The fraction of sp³-hybridized carbons (Fsp3) is 0.0256. The number of aromatic nitrogens is 2. The third kappa shape index (κ3) is 4.37. The minimum Gasteiger partial charge on any atom is -0.354 e. The van der Waals surface area contributed by atoms with Crippen LogP contribution in [0.3, 0.4) is 0 Å². The van der Waals surface area contributed by atoms with Gasteiger partial charge in [0.2, 0.25) is 0 Å². The average molecular weight is 542 g/mol. The highest BCUT2D eigenvalue weighted by Crippen LogP contribution is 2.38. The first kappa shape index (κ1) is 25.6. The molecule has 8 rings (SSSR count). The lowest BCUT2D eigenvalue weighted by Gasteiger charge is -2.10. The van der Waals surface area contributed by atoms with Crippen molar-refractivity contribution in [1.82, 2.24) is 9.55 Å². The van der Waals surface area contributed by atoms with Crippen molar-refractivity contribution in [3.63, 3.8) is 0 Å². The molecule has 0 saturated heterocycles. The molecule has 42 heavy (non-hydrogen) atoms. The third-order valence-corrected chi connectivity index (χ3v) is 7.97. The summed E-state index contributed by atoms with van der Waals surface area (Å²) in [4.78, 5) is 3.66. The molecule has 0 aliphatic carbocycles. The molecule has 1 unspecified atom stereocenters. The van der Waals surface area contributed by atoms with Crippen LogP contribution in [0.25, 0.3) is 60.1 Å². The number of fused-ring (bicyclic) bond motifs is 8. The molecule has 3 nitrogen and oxygen atoms in total. The second-order valence-electron chi connectivity index (χ2n) is 10.5. The van der Waals surface area contributed by atoms with E-state index in [0.29, 0.717) is 0 Å². The first-order chi connectivity index (χ1) is 20.7. The SMILES string of the molecule is C=C/C=C\C(N)c1cccc2ccccc12.c1ccc(-n2c3ccccc3c3c4[nH]c5ccccc5c4ccc32)cc1. The lowest BCUT2D eigenvalue weighted by molar-refractivity contribution is 0.922. The van der Waals surface area contributed by atoms with E-state index >= 15 is 0 Å². The lowest BCUT2D eigenvalue weighted by Crippen LogP contribution is -2.07. The summed E-state index contributed by atoms with van der Waals surface area (Å²) in [5.74, 6) is 0. The Hall–Kier alpha value is -5.38. The highest BCUT2D eigenvalue weighted by atomic mass is 15.0. The Kier molecular flexibility index (Phi) is 6.63. The monoisotopic (exact) mass is 541 g/mol. The number of benzene rings is 6. The Balaban J connectivity index is 0.000000155. The van der Waals surface area contributed by atoms with E-state index < -0.39 is 0 Å². The van der Waals surface area contributed by atoms with Gasteiger partial charge in [-0.05, 0) is 46.7 Å². The number of hydrogen-bond acceptors (Lipinski definition) is 1. The maximum atomic E-state index is 6.11. The highest BCUT2D eigenvalue weighted by Gasteiger charge is 2.16. The zero-order chi connectivity index (χ0) is 28.5. The van der Waals surface area contributed by atoms with E-state index in [4.69, 9.17) is 5.73 Å². The molecule has 0 amide bonds. The van der Waals surface area contributed by atoms with Gasteiger partial charge in [0, 0.05) is 38.8 Å². The molecule has 0 aliphatic heterocycles. The second-order valence-corrected chi connectivity index (χ2v) is 10.5.